The molecule has 136 valence electrons. The first-order valence-corrected chi connectivity index (χ1v) is 9.35. The van der Waals surface area contributed by atoms with Crippen LogP contribution >= 0.6 is 12.2 Å². The number of hydrogen-bond donors (Lipinski definition) is 1. The van der Waals surface area contributed by atoms with Crippen LogP contribution in [0.25, 0.3) is 0 Å². The monoisotopic (exact) mass is 373 g/mol. The van der Waals surface area contributed by atoms with Gasteiger partial charge in [0.05, 0.1) is 5.71 Å². The predicted octanol–water partition coefficient (Wildman–Crippen LogP) is 4.99. The highest BCUT2D eigenvalue weighted by atomic mass is 32.1. The third-order valence-corrected chi connectivity index (χ3v) is 4.58. The zero-order chi connectivity index (χ0) is 18.9. The fourth-order valence-electron chi connectivity index (χ4n) is 2.75. The van der Waals surface area contributed by atoms with Gasteiger partial charge in [-0.3, -0.25) is 5.43 Å². The number of hydrogen-bond acceptors (Lipinski definition) is 2. The highest BCUT2D eigenvalue weighted by Gasteiger charge is 2.11. The maximum absolute atomic E-state index is 5.65. The smallest absolute Gasteiger partial charge is 0.190 e. The molecule has 0 bridgehead atoms. The van der Waals surface area contributed by atoms with Crippen molar-refractivity contribution >= 4 is 23.0 Å². The van der Waals surface area contributed by atoms with Crippen LogP contribution in [0.4, 0.5) is 0 Å². The van der Waals surface area contributed by atoms with E-state index in [1.54, 1.807) is 0 Å². The van der Waals surface area contributed by atoms with Crippen LogP contribution in [0, 0.1) is 0 Å². The Morgan fingerprint density at radius 2 is 1.22 bits per heavy atom. The lowest BCUT2D eigenvalue weighted by Gasteiger charge is -2.25. The second-order valence-corrected chi connectivity index (χ2v) is 6.69. The fraction of sp³-hybridized carbons (Fsp3) is 0.130. The maximum Gasteiger partial charge on any atom is 0.190 e. The zero-order valence-corrected chi connectivity index (χ0v) is 16.2. The Morgan fingerprint density at radius 3 is 1.70 bits per heavy atom. The average Bonchev–Trinajstić information content (AvgIpc) is 2.73. The largest absolute Gasteiger partial charge is 0.339 e. The Labute approximate surface area is 166 Å². The SMILES string of the molecule is C/C(=N/NC(=S)N(Cc1ccccc1)Cc1ccccc1)c1ccccc1. The summed E-state index contributed by atoms with van der Waals surface area (Å²) in [6.07, 6.45) is 0. The van der Waals surface area contributed by atoms with Gasteiger partial charge >= 0.3 is 0 Å². The minimum absolute atomic E-state index is 0.609. The van der Waals surface area contributed by atoms with Crippen molar-refractivity contribution in [2.24, 2.45) is 5.10 Å². The first kappa shape index (κ1) is 18.8. The molecule has 3 rings (SSSR count). The Kier molecular flexibility index (Phi) is 6.72. The molecule has 27 heavy (non-hydrogen) atoms. The van der Waals surface area contributed by atoms with Gasteiger partial charge in [-0.2, -0.15) is 5.10 Å². The first-order valence-electron chi connectivity index (χ1n) is 8.95. The minimum Gasteiger partial charge on any atom is -0.339 e. The highest BCUT2D eigenvalue weighted by Crippen LogP contribution is 2.11. The van der Waals surface area contributed by atoms with E-state index in [1.165, 1.54) is 11.1 Å². The van der Waals surface area contributed by atoms with E-state index in [9.17, 15) is 0 Å². The molecule has 0 atom stereocenters. The van der Waals surface area contributed by atoms with Gasteiger partial charge in [-0.25, -0.2) is 0 Å². The van der Waals surface area contributed by atoms with E-state index in [1.807, 2.05) is 73.7 Å². The van der Waals surface area contributed by atoms with Crippen molar-refractivity contribution in [2.45, 2.75) is 20.0 Å². The lowest BCUT2D eigenvalue weighted by atomic mass is 10.1. The summed E-state index contributed by atoms with van der Waals surface area (Å²) in [7, 11) is 0. The van der Waals surface area contributed by atoms with Gasteiger partial charge in [0.15, 0.2) is 5.11 Å². The molecule has 0 radical (unpaired) electrons. The van der Waals surface area contributed by atoms with E-state index in [-0.39, 0.29) is 0 Å². The third kappa shape index (κ3) is 5.76. The van der Waals surface area contributed by atoms with E-state index in [0.29, 0.717) is 5.11 Å². The molecule has 0 heterocycles. The number of rotatable bonds is 6. The van der Waals surface area contributed by atoms with Crippen molar-refractivity contribution < 1.29 is 0 Å². The molecule has 3 aromatic carbocycles. The Balaban J connectivity index is 1.73. The Hall–Kier alpha value is -2.98. The molecule has 0 aromatic heterocycles. The third-order valence-electron chi connectivity index (χ3n) is 4.23. The number of benzene rings is 3. The van der Waals surface area contributed by atoms with Crippen molar-refractivity contribution in [3.8, 4) is 0 Å². The number of hydrazone groups is 1. The molecule has 0 aliphatic carbocycles. The van der Waals surface area contributed by atoms with Crippen molar-refractivity contribution in [2.75, 3.05) is 0 Å². The summed E-state index contributed by atoms with van der Waals surface area (Å²) < 4.78 is 0. The fourth-order valence-corrected chi connectivity index (χ4v) is 2.93. The summed E-state index contributed by atoms with van der Waals surface area (Å²) in [5, 5.41) is 5.09. The van der Waals surface area contributed by atoms with E-state index < -0.39 is 0 Å². The summed E-state index contributed by atoms with van der Waals surface area (Å²) in [6.45, 7) is 3.42. The zero-order valence-electron chi connectivity index (χ0n) is 15.4. The number of thiocarbonyl (C=S) groups is 1. The van der Waals surface area contributed by atoms with Gasteiger partial charge in [0.25, 0.3) is 0 Å². The predicted molar refractivity (Wildman–Crippen MR) is 117 cm³/mol. The van der Waals surface area contributed by atoms with Crippen LogP contribution in [-0.4, -0.2) is 15.7 Å². The van der Waals surface area contributed by atoms with E-state index >= 15 is 0 Å². The molecule has 0 aliphatic rings. The van der Waals surface area contributed by atoms with Crippen molar-refractivity contribution in [1.82, 2.24) is 10.3 Å². The van der Waals surface area contributed by atoms with Gasteiger partial charge in [-0.1, -0.05) is 91.0 Å². The molecule has 0 amide bonds. The van der Waals surface area contributed by atoms with E-state index in [2.05, 4.69) is 39.7 Å². The summed E-state index contributed by atoms with van der Waals surface area (Å²) in [5.74, 6) is 0. The van der Waals surface area contributed by atoms with Gasteiger partial charge in [-0.15, -0.1) is 0 Å². The van der Waals surface area contributed by atoms with Crippen molar-refractivity contribution in [3.05, 3.63) is 108 Å². The number of nitrogens with zero attached hydrogens (tertiary/aromatic N) is 2. The molecule has 0 fully saturated rings. The number of nitrogens with one attached hydrogen (secondary N) is 1. The van der Waals surface area contributed by atoms with Crippen LogP contribution in [0.1, 0.15) is 23.6 Å². The molecule has 0 saturated heterocycles. The van der Waals surface area contributed by atoms with Gasteiger partial charge in [0, 0.05) is 13.1 Å². The van der Waals surface area contributed by atoms with Crippen LogP contribution in [-0.2, 0) is 13.1 Å². The van der Waals surface area contributed by atoms with Crippen LogP contribution in [0.5, 0.6) is 0 Å². The van der Waals surface area contributed by atoms with Crippen LogP contribution < -0.4 is 5.43 Å². The Bertz CT molecular complexity index is 836. The normalized spacial score (nSPS) is 11.1. The lowest BCUT2D eigenvalue weighted by Crippen LogP contribution is -2.36. The summed E-state index contributed by atoms with van der Waals surface area (Å²) >= 11 is 5.65. The highest BCUT2D eigenvalue weighted by molar-refractivity contribution is 7.80. The molecule has 4 heteroatoms. The van der Waals surface area contributed by atoms with E-state index in [4.69, 9.17) is 12.2 Å². The molecule has 0 aliphatic heterocycles. The molecular weight excluding hydrogens is 350 g/mol. The minimum atomic E-state index is 0.609. The van der Waals surface area contributed by atoms with Crippen molar-refractivity contribution in [3.63, 3.8) is 0 Å². The van der Waals surface area contributed by atoms with Gasteiger partial charge in [-0.05, 0) is 35.8 Å². The first-order chi connectivity index (χ1) is 13.2. The molecule has 0 spiro atoms. The molecule has 0 saturated carbocycles. The Morgan fingerprint density at radius 1 is 0.778 bits per heavy atom. The second-order valence-electron chi connectivity index (χ2n) is 6.31. The van der Waals surface area contributed by atoms with Crippen LogP contribution in [0.2, 0.25) is 0 Å². The summed E-state index contributed by atoms with van der Waals surface area (Å²) in [5.41, 5.74) is 7.46. The molecular formula is C23H23N3S. The van der Waals surface area contributed by atoms with Crippen molar-refractivity contribution in [1.29, 1.82) is 0 Å². The average molecular weight is 374 g/mol. The summed E-state index contributed by atoms with van der Waals surface area (Å²) in [4.78, 5) is 2.13. The van der Waals surface area contributed by atoms with Crippen LogP contribution in [0.3, 0.4) is 0 Å². The quantitative estimate of drug-likeness (QED) is 0.375. The lowest BCUT2D eigenvalue weighted by molar-refractivity contribution is 0.400. The van der Waals surface area contributed by atoms with Crippen LogP contribution in [0.15, 0.2) is 96.1 Å². The second kappa shape index (κ2) is 9.64. The summed E-state index contributed by atoms with van der Waals surface area (Å²) in [6, 6.07) is 30.7. The maximum atomic E-state index is 5.65. The molecule has 3 nitrogen and oxygen atoms in total. The van der Waals surface area contributed by atoms with E-state index in [0.717, 1.165) is 24.4 Å². The van der Waals surface area contributed by atoms with Gasteiger partial charge in [0.1, 0.15) is 0 Å². The molecule has 1 N–H and O–H groups in total. The topological polar surface area (TPSA) is 27.6 Å². The van der Waals surface area contributed by atoms with Gasteiger partial charge in [0.2, 0.25) is 0 Å². The van der Waals surface area contributed by atoms with Gasteiger partial charge < -0.3 is 4.90 Å². The standard InChI is InChI=1S/C23H23N3S/c1-19(22-15-9-4-10-16-22)24-25-23(27)26(17-20-11-5-2-6-12-20)18-21-13-7-3-8-14-21/h2-16H,17-18H2,1H3,(H,25,27)/b24-19-. The molecule has 3 aromatic rings. The molecule has 0 unspecified atom stereocenters.